The molecular formula is C25H35FN2O3. The summed E-state index contributed by atoms with van der Waals surface area (Å²) in [6, 6.07) is 5.15. The number of benzene rings is 1. The van der Waals surface area contributed by atoms with Gasteiger partial charge in [0.2, 0.25) is 11.8 Å². The fourth-order valence-electron chi connectivity index (χ4n) is 6.63. The summed E-state index contributed by atoms with van der Waals surface area (Å²) >= 11 is 0. The maximum absolute atomic E-state index is 13.8. The number of hydrogen-bond acceptors (Lipinski definition) is 3. The van der Waals surface area contributed by atoms with Crippen LogP contribution in [-0.2, 0) is 16.0 Å². The summed E-state index contributed by atoms with van der Waals surface area (Å²) in [5, 5.41) is 3.14. The van der Waals surface area contributed by atoms with Gasteiger partial charge in [-0.3, -0.25) is 9.59 Å². The molecule has 2 aliphatic heterocycles. The van der Waals surface area contributed by atoms with Gasteiger partial charge in [0, 0.05) is 31.0 Å². The van der Waals surface area contributed by atoms with E-state index in [9.17, 15) is 14.0 Å². The Labute approximate surface area is 184 Å². The molecule has 1 aliphatic carbocycles. The van der Waals surface area contributed by atoms with Crippen LogP contribution in [-0.4, -0.2) is 41.9 Å². The number of nitrogens with zero attached hydrogens (tertiary/aromatic N) is 1. The molecule has 2 amide bonds. The number of likely N-dealkylation sites (tertiary alicyclic amines) is 1. The fraction of sp³-hybridized carbons (Fsp3) is 0.680. The highest BCUT2D eigenvalue weighted by molar-refractivity contribution is 5.80. The van der Waals surface area contributed by atoms with Crippen LogP contribution in [0, 0.1) is 16.6 Å². The van der Waals surface area contributed by atoms with Gasteiger partial charge in [0.25, 0.3) is 0 Å². The maximum atomic E-state index is 13.8. The molecule has 0 aromatic heterocycles. The molecule has 3 aliphatic rings. The minimum atomic E-state index is -0.465. The van der Waals surface area contributed by atoms with E-state index >= 15 is 0 Å². The van der Waals surface area contributed by atoms with E-state index in [1.165, 1.54) is 13.2 Å². The highest BCUT2D eigenvalue weighted by Gasteiger charge is 2.51. The number of fused-ring (bicyclic) bond motifs is 2. The van der Waals surface area contributed by atoms with Crippen molar-refractivity contribution >= 4 is 11.8 Å². The lowest BCUT2D eigenvalue weighted by atomic mass is 9.65. The number of carbonyl (C=O) groups is 2. The van der Waals surface area contributed by atoms with Gasteiger partial charge in [-0.05, 0) is 67.1 Å². The monoisotopic (exact) mass is 430 g/mol. The SMILES string of the molecule is COc1cc(C[C@]2(CCC(=O)N3C[C@]4(C)C[C@@H]3CC(C)(C)C4)CCC(=O)N2)ccc1F. The Morgan fingerprint density at radius 1 is 1.29 bits per heavy atom. The lowest BCUT2D eigenvalue weighted by Gasteiger charge is -2.39. The van der Waals surface area contributed by atoms with E-state index in [4.69, 9.17) is 4.74 Å². The first-order valence-corrected chi connectivity index (χ1v) is 11.5. The van der Waals surface area contributed by atoms with Gasteiger partial charge in [-0.2, -0.15) is 0 Å². The average molecular weight is 431 g/mol. The molecule has 0 spiro atoms. The van der Waals surface area contributed by atoms with Crippen LogP contribution in [0.3, 0.4) is 0 Å². The number of ether oxygens (including phenoxy) is 1. The molecule has 170 valence electrons. The molecular weight excluding hydrogens is 395 g/mol. The molecule has 3 fully saturated rings. The van der Waals surface area contributed by atoms with Crippen molar-refractivity contribution < 1.29 is 18.7 Å². The summed E-state index contributed by atoms with van der Waals surface area (Å²) in [6.07, 6.45) is 6.05. The first-order chi connectivity index (χ1) is 14.5. The molecule has 1 aromatic rings. The highest BCUT2D eigenvalue weighted by Crippen LogP contribution is 2.52. The summed E-state index contributed by atoms with van der Waals surface area (Å²) in [5.74, 6) is 0.0206. The fourth-order valence-corrected chi connectivity index (χ4v) is 6.63. The topological polar surface area (TPSA) is 58.6 Å². The normalized spacial score (nSPS) is 31.6. The molecule has 2 bridgehead atoms. The van der Waals surface area contributed by atoms with Crippen molar-refractivity contribution in [3.8, 4) is 5.75 Å². The van der Waals surface area contributed by atoms with E-state index in [1.807, 2.05) is 0 Å². The zero-order valence-corrected chi connectivity index (χ0v) is 19.2. The maximum Gasteiger partial charge on any atom is 0.222 e. The number of amides is 2. The molecule has 1 saturated carbocycles. The summed E-state index contributed by atoms with van der Waals surface area (Å²) in [4.78, 5) is 27.5. The predicted octanol–water partition coefficient (Wildman–Crippen LogP) is 4.23. The zero-order chi connectivity index (χ0) is 22.4. The van der Waals surface area contributed by atoms with E-state index in [1.54, 1.807) is 12.1 Å². The lowest BCUT2D eigenvalue weighted by Crippen LogP contribution is -2.45. The van der Waals surface area contributed by atoms with Crippen molar-refractivity contribution in [3.05, 3.63) is 29.6 Å². The van der Waals surface area contributed by atoms with Crippen molar-refractivity contribution in [3.63, 3.8) is 0 Å². The minimum Gasteiger partial charge on any atom is -0.494 e. The van der Waals surface area contributed by atoms with Crippen LogP contribution in [0.5, 0.6) is 5.75 Å². The molecule has 0 radical (unpaired) electrons. The smallest absolute Gasteiger partial charge is 0.222 e. The standard InChI is InChI=1S/C25H35FN2O3/c1-23(2)13-18-14-24(3,15-23)16-28(18)22(30)8-10-25(9-7-21(29)27-25)12-17-5-6-19(26)20(11-17)31-4/h5-6,11,18H,7-10,12-16H2,1-4H3,(H,27,29)/t18-,24+,25+/m0/s1. The van der Waals surface area contributed by atoms with E-state index in [0.29, 0.717) is 38.1 Å². The van der Waals surface area contributed by atoms with Crippen LogP contribution in [0.2, 0.25) is 0 Å². The Morgan fingerprint density at radius 2 is 2.06 bits per heavy atom. The van der Waals surface area contributed by atoms with Crippen molar-refractivity contribution in [2.24, 2.45) is 10.8 Å². The molecule has 4 rings (SSSR count). The number of hydrogen-bond donors (Lipinski definition) is 1. The number of halogens is 1. The largest absolute Gasteiger partial charge is 0.494 e. The number of methoxy groups -OCH3 is 1. The van der Waals surface area contributed by atoms with E-state index in [-0.39, 0.29) is 28.4 Å². The Bertz CT molecular complexity index is 886. The van der Waals surface area contributed by atoms with Crippen LogP contribution in [0.1, 0.15) is 71.3 Å². The quantitative estimate of drug-likeness (QED) is 0.735. The third-order valence-corrected chi connectivity index (χ3v) is 7.55. The van der Waals surface area contributed by atoms with Crippen LogP contribution in [0.4, 0.5) is 4.39 Å². The van der Waals surface area contributed by atoms with Crippen LogP contribution in [0.15, 0.2) is 18.2 Å². The van der Waals surface area contributed by atoms with Crippen LogP contribution in [0.25, 0.3) is 0 Å². The number of nitrogens with one attached hydrogen (secondary N) is 1. The van der Waals surface area contributed by atoms with Crippen LogP contribution >= 0.6 is 0 Å². The first-order valence-electron chi connectivity index (χ1n) is 11.5. The summed E-state index contributed by atoms with van der Waals surface area (Å²) in [7, 11) is 1.45. The van der Waals surface area contributed by atoms with E-state index in [2.05, 4.69) is 31.0 Å². The molecule has 1 aromatic carbocycles. The number of rotatable bonds is 6. The Morgan fingerprint density at radius 3 is 2.74 bits per heavy atom. The van der Waals surface area contributed by atoms with Crippen LogP contribution < -0.4 is 10.1 Å². The highest BCUT2D eigenvalue weighted by atomic mass is 19.1. The molecule has 2 heterocycles. The third kappa shape index (κ3) is 4.58. The first kappa shape index (κ1) is 22.1. The summed E-state index contributed by atoms with van der Waals surface area (Å²) in [5.41, 5.74) is 0.924. The van der Waals surface area contributed by atoms with Gasteiger partial charge in [0.1, 0.15) is 0 Å². The van der Waals surface area contributed by atoms with Gasteiger partial charge in [0.05, 0.1) is 7.11 Å². The molecule has 3 atom stereocenters. The van der Waals surface area contributed by atoms with Crippen molar-refractivity contribution in [2.75, 3.05) is 13.7 Å². The minimum absolute atomic E-state index is 0.0211. The molecule has 2 saturated heterocycles. The van der Waals surface area contributed by atoms with Gasteiger partial charge >= 0.3 is 0 Å². The van der Waals surface area contributed by atoms with E-state index in [0.717, 1.165) is 31.4 Å². The van der Waals surface area contributed by atoms with Crippen molar-refractivity contribution in [1.29, 1.82) is 0 Å². The lowest BCUT2D eigenvalue weighted by molar-refractivity contribution is -0.133. The summed E-state index contributed by atoms with van der Waals surface area (Å²) in [6.45, 7) is 7.78. The Hall–Kier alpha value is -2.11. The second kappa shape index (κ2) is 7.79. The van der Waals surface area contributed by atoms with Gasteiger partial charge in [-0.15, -0.1) is 0 Å². The third-order valence-electron chi connectivity index (χ3n) is 7.55. The molecule has 1 N–H and O–H groups in total. The summed E-state index contributed by atoms with van der Waals surface area (Å²) < 4.78 is 18.9. The van der Waals surface area contributed by atoms with E-state index < -0.39 is 11.4 Å². The number of carbonyl (C=O) groups excluding carboxylic acids is 2. The zero-order valence-electron chi connectivity index (χ0n) is 19.2. The Balaban J connectivity index is 1.46. The Kier molecular flexibility index (Phi) is 5.55. The molecule has 0 unspecified atom stereocenters. The van der Waals surface area contributed by atoms with Gasteiger partial charge in [-0.1, -0.05) is 26.8 Å². The molecule has 31 heavy (non-hydrogen) atoms. The molecule has 5 nitrogen and oxygen atoms in total. The van der Waals surface area contributed by atoms with Crippen molar-refractivity contribution in [2.45, 2.75) is 83.7 Å². The van der Waals surface area contributed by atoms with Gasteiger partial charge < -0.3 is 15.0 Å². The van der Waals surface area contributed by atoms with Crippen molar-refractivity contribution in [1.82, 2.24) is 10.2 Å². The van der Waals surface area contributed by atoms with Gasteiger partial charge in [0.15, 0.2) is 11.6 Å². The average Bonchev–Trinajstić information content (AvgIpc) is 3.17. The second-order valence-electron chi connectivity index (χ2n) is 11.2. The predicted molar refractivity (Wildman–Crippen MR) is 117 cm³/mol. The molecule has 6 heteroatoms. The van der Waals surface area contributed by atoms with Gasteiger partial charge in [-0.25, -0.2) is 4.39 Å². The second-order valence-corrected chi connectivity index (χ2v) is 11.2.